The van der Waals surface area contributed by atoms with E-state index in [1.807, 2.05) is 28.8 Å². The first-order valence-electron chi connectivity index (χ1n) is 9.94. The Hall–Kier alpha value is -3.10. The molecule has 3 aromatic rings. The summed E-state index contributed by atoms with van der Waals surface area (Å²) < 4.78 is 12.3. The van der Waals surface area contributed by atoms with E-state index in [1.54, 1.807) is 30.2 Å². The van der Waals surface area contributed by atoms with Crippen molar-refractivity contribution in [3.8, 4) is 5.75 Å². The van der Waals surface area contributed by atoms with E-state index in [9.17, 15) is 9.59 Å². The summed E-state index contributed by atoms with van der Waals surface area (Å²) in [6.45, 7) is 1.000. The van der Waals surface area contributed by atoms with E-state index in [0.717, 1.165) is 11.0 Å². The minimum Gasteiger partial charge on any atom is -0.495 e. The number of para-hydroxylation sites is 2. The first kappa shape index (κ1) is 21.1. The van der Waals surface area contributed by atoms with Gasteiger partial charge in [0.25, 0.3) is 5.91 Å². The monoisotopic (exact) mass is 442 g/mol. The topological polar surface area (TPSA) is 85.7 Å². The van der Waals surface area contributed by atoms with Crippen molar-refractivity contribution >= 4 is 46.1 Å². The van der Waals surface area contributed by atoms with Crippen molar-refractivity contribution in [2.45, 2.75) is 18.9 Å². The number of carbonyl (C=O) groups is 2. The van der Waals surface area contributed by atoms with Gasteiger partial charge in [-0.3, -0.25) is 19.1 Å². The molecule has 1 aliphatic heterocycles. The van der Waals surface area contributed by atoms with Crippen molar-refractivity contribution < 1.29 is 19.1 Å². The number of benzene rings is 2. The summed E-state index contributed by atoms with van der Waals surface area (Å²) in [4.78, 5) is 32.4. The predicted molar refractivity (Wildman–Crippen MR) is 119 cm³/mol. The van der Waals surface area contributed by atoms with Crippen molar-refractivity contribution in [1.29, 1.82) is 0 Å². The molecule has 1 atom stereocenters. The SMILES string of the molecule is COCCCN1C(=O)C(CC(=O)Nc2cc(Cl)ccc2OC)n2c1nc1ccccc12. The highest BCUT2D eigenvalue weighted by Gasteiger charge is 2.40. The zero-order valence-corrected chi connectivity index (χ0v) is 18.1. The molecule has 4 rings (SSSR count). The van der Waals surface area contributed by atoms with Gasteiger partial charge >= 0.3 is 0 Å². The maximum absolute atomic E-state index is 13.2. The number of methoxy groups -OCH3 is 2. The molecule has 0 aliphatic carbocycles. The van der Waals surface area contributed by atoms with E-state index in [1.165, 1.54) is 7.11 Å². The molecule has 1 unspecified atom stereocenters. The molecule has 162 valence electrons. The molecule has 0 bridgehead atoms. The van der Waals surface area contributed by atoms with Gasteiger partial charge in [0.05, 0.1) is 30.3 Å². The third-order valence-electron chi connectivity index (χ3n) is 5.23. The molecule has 0 radical (unpaired) electrons. The van der Waals surface area contributed by atoms with Crippen LogP contribution in [0.15, 0.2) is 42.5 Å². The number of carbonyl (C=O) groups excluding carboxylic acids is 2. The third-order valence-corrected chi connectivity index (χ3v) is 5.46. The lowest BCUT2D eigenvalue weighted by Crippen LogP contribution is -2.32. The highest BCUT2D eigenvalue weighted by Crippen LogP contribution is 2.37. The largest absolute Gasteiger partial charge is 0.495 e. The van der Waals surface area contributed by atoms with E-state index in [2.05, 4.69) is 10.3 Å². The second-order valence-electron chi connectivity index (χ2n) is 7.22. The van der Waals surface area contributed by atoms with Crippen LogP contribution in [0.1, 0.15) is 18.9 Å². The first-order chi connectivity index (χ1) is 15.0. The van der Waals surface area contributed by atoms with Crippen LogP contribution in [0.4, 0.5) is 11.6 Å². The Morgan fingerprint density at radius 2 is 2.03 bits per heavy atom. The fraction of sp³-hybridized carbons (Fsp3) is 0.318. The fourth-order valence-corrected chi connectivity index (χ4v) is 4.00. The van der Waals surface area contributed by atoms with Gasteiger partial charge in [0.2, 0.25) is 11.9 Å². The summed E-state index contributed by atoms with van der Waals surface area (Å²) in [7, 11) is 3.14. The zero-order chi connectivity index (χ0) is 22.0. The molecule has 1 aromatic heterocycles. The second-order valence-corrected chi connectivity index (χ2v) is 7.66. The molecule has 1 aliphatic rings. The Morgan fingerprint density at radius 1 is 1.23 bits per heavy atom. The van der Waals surface area contributed by atoms with E-state index < -0.39 is 6.04 Å². The Kier molecular flexibility index (Phi) is 6.11. The number of imidazole rings is 1. The quantitative estimate of drug-likeness (QED) is 0.538. The van der Waals surface area contributed by atoms with Crippen molar-refractivity contribution in [1.82, 2.24) is 9.55 Å². The van der Waals surface area contributed by atoms with E-state index in [4.69, 9.17) is 21.1 Å². The van der Waals surface area contributed by atoms with Gasteiger partial charge in [0, 0.05) is 25.3 Å². The van der Waals surface area contributed by atoms with Crippen LogP contribution in [0.2, 0.25) is 5.02 Å². The smallest absolute Gasteiger partial charge is 0.253 e. The summed E-state index contributed by atoms with van der Waals surface area (Å²) in [6, 6.07) is 11.9. The van der Waals surface area contributed by atoms with Gasteiger partial charge in [-0.2, -0.15) is 0 Å². The Balaban J connectivity index is 1.62. The molecule has 0 saturated heterocycles. The lowest BCUT2D eigenvalue weighted by molar-refractivity contribution is -0.124. The highest BCUT2D eigenvalue weighted by atomic mass is 35.5. The minimum atomic E-state index is -0.685. The van der Waals surface area contributed by atoms with Gasteiger partial charge in [-0.1, -0.05) is 23.7 Å². The molecule has 2 aromatic carbocycles. The molecule has 1 N–H and O–H groups in total. The summed E-state index contributed by atoms with van der Waals surface area (Å²) in [5, 5.41) is 3.29. The third kappa shape index (κ3) is 4.08. The maximum Gasteiger partial charge on any atom is 0.253 e. The Morgan fingerprint density at radius 3 is 2.81 bits per heavy atom. The van der Waals surface area contributed by atoms with Gasteiger partial charge in [-0.25, -0.2) is 4.98 Å². The number of halogens is 1. The zero-order valence-electron chi connectivity index (χ0n) is 17.3. The van der Waals surface area contributed by atoms with E-state index in [-0.39, 0.29) is 18.2 Å². The molecule has 0 fully saturated rings. The van der Waals surface area contributed by atoms with Crippen LogP contribution in [-0.4, -0.2) is 48.7 Å². The number of ether oxygens (including phenoxy) is 2. The highest BCUT2D eigenvalue weighted by molar-refractivity contribution is 6.31. The molecule has 9 heteroatoms. The molecular weight excluding hydrogens is 420 g/mol. The van der Waals surface area contributed by atoms with Gasteiger partial charge in [-0.15, -0.1) is 0 Å². The molecule has 8 nitrogen and oxygen atoms in total. The number of nitrogens with zero attached hydrogens (tertiary/aromatic N) is 3. The second kappa shape index (κ2) is 8.95. The lowest BCUT2D eigenvalue weighted by Gasteiger charge is -2.16. The van der Waals surface area contributed by atoms with Crippen LogP contribution < -0.4 is 15.0 Å². The summed E-state index contributed by atoms with van der Waals surface area (Å²) in [5.74, 6) is 0.574. The van der Waals surface area contributed by atoms with Gasteiger partial charge in [0.15, 0.2) is 0 Å². The van der Waals surface area contributed by atoms with Crippen LogP contribution in [-0.2, 0) is 14.3 Å². The molecule has 2 amide bonds. The average molecular weight is 443 g/mol. The number of amides is 2. The predicted octanol–water partition coefficient (Wildman–Crippen LogP) is 3.65. The Bertz CT molecular complexity index is 1130. The molecule has 2 heterocycles. The number of hydrogen-bond acceptors (Lipinski definition) is 5. The van der Waals surface area contributed by atoms with Gasteiger partial charge in [0.1, 0.15) is 11.8 Å². The number of anilines is 2. The van der Waals surface area contributed by atoms with Crippen LogP contribution >= 0.6 is 11.6 Å². The standard InChI is InChI=1S/C22H23ClN4O4/c1-30-11-5-10-26-21(29)18(27-17-7-4-3-6-15(17)25-22(26)27)13-20(28)24-16-12-14(23)8-9-19(16)31-2/h3-4,6-9,12,18H,5,10-11,13H2,1-2H3,(H,24,28). The van der Waals surface area contributed by atoms with Crippen LogP contribution in [0.3, 0.4) is 0 Å². The van der Waals surface area contributed by atoms with Gasteiger partial charge in [-0.05, 0) is 36.8 Å². The van der Waals surface area contributed by atoms with E-state index in [0.29, 0.717) is 42.0 Å². The first-order valence-corrected chi connectivity index (χ1v) is 10.3. The summed E-state index contributed by atoms with van der Waals surface area (Å²) >= 11 is 6.06. The lowest BCUT2D eigenvalue weighted by atomic mass is 10.1. The Labute approximate surface area is 184 Å². The average Bonchev–Trinajstić information content (AvgIpc) is 3.24. The van der Waals surface area contributed by atoms with Gasteiger partial charge < -0.3 is 14.8 Å². The number of hydrogen-bond donors (Lipinski definition) is 1. The number of rotatable bonds is 8. The van der Waals surface area contributed by atoms with Crippen molar-refractivity contribution in [2.75, 3.05) is 37.6 Å². The van der Waals surface area contributed by atoms with E-state index >= 15 is 0 Å². The van der Waals surface area contributed by atoms with Crippen molar-refractivity contribution in [2.24, 2.45) is 0 Å². The van der Waals surface area contributed by atoms with Crippen molar-refractivity contribution in [3.05, 3.63) is 47.5 Å². The normalized spacial score (nSPS) is 15.4. The molecular formula is C22H23ClN4O4. The van der Waals surface area contributed by atoms with Crippen LogP contribution in [0.5, 0.6) is 5.75 Å². The molecule has 0 saturated carbocycles. The minimum absolute atomic E-state index is 0.0391. The van der Waals surface area contributed by atoms with Crippen LogP contribution in [0, 0.1) is 0 Å². The summed E-state index contributed by atoms with van der Waals surface area (Å²) in [6.07, 6.45) is 0.632. The molecule has 0 spiro atoms. The number of nitrogens with one attached hydrogen (secondary N) is 1. The number of fused-ring (bicyclic) bond motifs is 3. The fourth-order valence-electron chi connectivity index (χ4n) is 3.83. The van der Waals surface area contributed by atoms with Crippen molar-refractivity contribution in [3.63, 3.8) is 0 Å². The number of aromatic nitrogens is 2. The van der Waals surface area contributed by atoms with Crippen LogP contribution in [0.25, 0.3) is 11.0 Å². The molecule has 31 heavy (non-hydrogen) atoms. The maximum atomic E-state index is 13.2. The summed E-state index contributed by atoms with van der Waals surface area (Å²) in [5.41, 5.74) is 2.06.